The fourth-order valence-electron chi connectivity index (χ4n) is 2.32. The first-order valence-corrected chi connectivity index (χ1v) is 6.59. The Morgan fingerprint density at radius 1 is 1.29 bits per heavy atom. The van der Waals surface area contributed by atoms with Crippen LogP contribution in [-0.4, -0.2) is 35.3 Å². The highest BCUT2D eigenvalue weighted by molar-refractivity contribution is 5.79. The number of oxime groups is 1. The smallest absolute Gasteiger partial charge is 0.139 e. The molecule has 1 fully saturated rings. The summed E-state index contributed by atoms with van der Waals surface area (Å²) in [5.41, 5.74) is 5.37. The zero-order valence-corrected chi connectivity index (χ0v) is 10.4. The molecule has 0 bridgehead atoms. The van der Waals surface area contributed by atoms with E-state index in [-0.39, 0.29) is 6.10 Å². The van der Waals surface area contributed by atoms with Crippen molar-refractivity contribution in [2.75, 3.05) is 13.1 Å². The molecule has 5 nitrogen and oxygen atoms in total. The Morgan fingerprint density at radius 3 is 2.76 bits per heavy atom. The number of rotatable bonds is 7. The van der Waals surface area contributed by atoms with E-state index in [1.165, 1.54) is 6.42 Å². The molecule has 1 rings (SSSR count). The molecule has 0 spiro atoms. The molecule has 0 aromatic carbocycles. The lowest BCUT2D eigenvalue weighted by atomic mass is 9.86. The summed E-state index contributed by atoms with van der Waals surface area (Å²) in [7, 11) is 0. The third kappa shape index (κ3) is 5.89. The van der Waals surface area contributed by atoms with Crippen LogP contribution >= 0.6 is 0 Å². The van der Waals surface area contributed by atoms with Gasteiger partial charge in [-0.25, -0.2) is 0 Å². The van der Waals surface area contributed by atoms with Gasteiger partial charge in [-0.15, -0.1) is 0 Å². The van der Waals surface area contributed by atoms with E-state index < -0.39 is 0 Å². The highest BCUT2D eigenvalue weighted by atomic mass is 16.4. The van der Waals surface area contributed by atoms with E-state index in [2.05, 4.69) is 10.5 Å². The van der Waals surface area contributed by atoms with Gasteiger partial charge in [-0.2, -0.15) is 0 Å². The van der Waals surface area contributed by atoms with E-state index in [1.54, 1.807) is 0 Å². The highest BCUT2D eigenvalue weighted by Crippen LogP contribution is 2.23. The van der Waals surface area contributed by atoms with Crippen molar-refractivity contribution in [2.45, 2.75) is 51.0 Å². The van der Waals surface area contributed by atoms with Crippen LogP contribution in [0.15, 0.2) is 5.16 Å². The number of aliphatic hydroxyl groups excluding tert-OH is 1. The molecule has 0 radical (unpaired) electrons. The molecule has 1 aliphatic carbocycles. The van der Waals surface area contributed by atoms with Gasteiger partial charge in [0.1, 0.15) is 5.84 Å². The molecule has 1 aliphatic rings. The van der Waals surface area contributed by atoms with Crippen LogP contribution in [0.4, 0.5) is 0 Å². The lowest BCUT2D eigenvalue weighted by Crippen LogP contribution is -2.34. The summed E-state index contributed by atoms with van der Waals surface area (Å²) in [5.74, 6) is 0.723. The van der Waals surface area contributed by atoms with Gasteiger partial charge in [0.25, 0.3) is 0 Å². The maximum Gasteiger partial charge on any atom is 0.139 e. The number of nitrogens with two attached hydrogens (primary N) is 1. The Hall–Kier alpha value is -0.810. The average Bonchev–Trinajstić information content (AvgIpc) is 2.35. The number of unbranched alkanes of at least 4 members (excludes halogenated alkanes) is 1. The van der Waals surface area contributed by atoms with E-state index in [0.717, 1.165) is 45.2 Å². The van der Waals surface area contributed by atoms with Gasteiger partial charge in [0.05, 0.1) is 6.10 Å². The van der Waals surface area contributed by atoms with E-state index in [4.69, 9.17) is 10.9 Å². The fraction of sp³-hybridized carbons (Fsp3) is 0.917. The van der Waals surface area contributed by atoms with E-state index in [0.29, 0.717) is 18.2 Å². The molecule has 1 saturated carbocycles. The summed E-state index contributed by atoms with van der Waals surface area (Å²) < 4.78 is 0. The molecule has 0 aromatic rings. The first-order valence-electron chi connectivity index (χ1n) is 6.59. The van der Waals surface area contributed by atoms with Crippen LogP contribution in [0.2, 0.25) is 0 Å². The zero-order chi connectivity index (χ0) is 12.5. The normalized spacial score (nSPS) is 26.1. The number of hydrogen-bond acceptors (Lipinski definition) is 4. The van der Waals surface area contributed by atoms with Crippen molar-refractivity contribution in [3.63, 3.8) is 0 Å². The minimum atomic E-state index is -0.117. The van der Waals surface area contributed by atoms with Crippen LogP contribution in [0.5, 0.6) is 0 Å². The molecule has 0 aliphatic heterocycles. The Morgan fingerprint density at radius 2 is 2.06 bits per heavy atom. The third-order valence-electron chi connectivity index (χ3n) is 3.44. The number of nitrogens with zero attached hydrogens (tertiary/aromatic N) is 1. The lowest BCUT2D eigenvalue weighted by molar-refractivity contribution is 0.0697. The Balaban J connectivity index is 1.96. The molecule has 5 N–H and O–H groups in total. The van der Waals surface area contributed by atoms with Gasteiger partial charge < -0.3 is 21.4 Å². The largest absolute Gasteiger partial charge is 0.409 e. The van der Waals surface area contributed by atoms with Crippen LogP contribution in [0.25, 0.3) is 0 Å². The van der Waals surface area contributed by atoms with Crippen LogP contribution in [0, 0.1) is 5.92 Å². The molecule has 2 atom stereocenters. The molecule has 0 heterocycles. The van der Waals surface area contributed by atoms with Crippen LogP contribution in [0.3, 0.4) is 0 Å². The third-order valence-corrected chi connectivity index (χ3v) is 3.44. The van der Waals surface area contributed by atoms with Crippen molar-refractivity contribution in [3.8, 4) is 0 Å². The summed E-state index contributed by atoms with van der Waals surface area (Å²) in [4.78, 5) is 0. The molecule has 2 unspecified atom stereocenters. The van der Waals surface area contributed by atoms with Gasteiger partial charge in [0.2, 0.25) is 0 Å². The molecule has 100 valence electrons. The van der Waals surface area contributed by atoms with Crippen molar-refractivity contribution in [1.82, 2.24) is 5.32 Å². The van der Waals surface area contributed by atoms with Crippen molar-refractivity contribution >= 4 is 5.84 Å². The molecule has 5 heteroatoms. The van der Waals surface area contributed by atoms with E-state index in [9.17, 15) is 5.11 Å². The summed E-state index contributed by atoms with van der Waals surface area (Å²) in [5, 5.41) is 24.4. The predicted molar refractivity (Wildman–Crippen MR) is 68.1 cm³/mol. The SMILES string of the molecule is NC(CCCCNCC1CCCCC1O)=NO. The van der Waals surface area contributed by atoms with E-state index in [1.807, 2.05) is 0 Å². The monoisotopic (exact) mass is 243 g/mol. The van der Waals surface area contributed by atoms with Gasteiger partial charge in [-0.05, 0) is 38.1 Å². The number of aliphatic hydroxyl groups is 1. The van der Waals surface area contributed by atoms with E-state index >= 15 is 0 Å². The number of nitrogens with one attached hydrogen (secondary N) is 1. The van der Waals surface area contributed by atoms with Crippen LogP contribution in [-0.2, 0) is 0 Å². The summed E-state index contributed by atoms with van der Waals surface area (Å²) in [6, 6.07) is 0. The van der Waals surface area contributed by atoms with Gasteiger partial charge >= 0.3 is 0 Å². The molecule has 0 aromatic heterocycles. The topological polar surface area (TPSA) is 90.9 Å². The summed E-state index contributed by atoms with van der Waals surface area (Å²) in [6.45, 7) is 1.84. The van der Waals surface area contributed by atoms with Gasteiger partial charge in [-0.3, -0.25) is 0 Å². The van der Waals surface area contributed by atoms with Crippen molar-refractivity contribution in [3.05, 3.63) is 0 Å². The first-order chi connectivity index (χ1) is 8.24. The molecular formula is C12H25N3O2. The standard InChI is InChI=1S/C12H25N3O2/c13-12(15-17)7-3-4-8-14-9-10-5-1-2-6-11(10)16/h10-11,14,16-17H,1-9H2,(H2,13,15). The molecule has 0 saturated heterocycles. The number of amidine groups is 1. The van der Waals surface area contributed by atoms with Crippen molar-refractivity contribution in [2.24, 2.45) is 16.8 Å². The number of hydrogen-bond donors (Lipinski definition) is 4. The van der Waals surface area contributed by atoms with Gasteiger partial charge in [0.15, 0.2) is 0 Å². The Kier molecular flexibility index (Phi) is 6.96. The average molecular weight is 243 g/mol. The second-order valence-corrected chi connectivity index (χ2v) is 4.86. The maximum absolute atomic E-state index is 9.78. The summed E-state index contributed by atoms with van der Waals surface area (Å²) in [6.07, 6.45) is 6.96. The Bertz CT molecular complexity index is 234. The quantitative estimate of drug-likeness (QED) is 0.177. The Labute approximate surface area is 103 Å². The second-order valence-electron chi connectivity index (χ2n) is 4.86. The fourth-order valence-corrected chi connectivity index (χ4v) is 2.32. The maximum atomic E-state index is 9.78. The molecule has 0 amide bonds. The van der Waals surface area contributed by atoms with Gasteiger partial charge in [0, 0.05) is 13.0 Å². The highest BCUT2D eigenvalue weighted by Gasteiger charge is 2.21. The van der Waals surface area contributed by atoms with Gasteiger partial charge in [-0.1, -0.05) is 18.0 Å². The minimum absolute atomic E-state index is 0.117. The van der Waals surface area contributed by atoms with Crippen molar-refractivity contribution in [1.29, 1.82) is 0 Å². The van der Waals surface area contributed by atoms with Crippen LogP contribution in [0.1, 0.15) is 44.9 Å². The minimum Gasteiger partial charge on any atom is -0.409 e. The van der Waals surface area contributed by atoms with Crippen molar-refractivity contribution < 1.29 is 10.3 Å². The molecular weight excluding hydrogens is 218 g/mol. The first kappa shape index (κ1) is 14.3. The molecule has 17 heavy (non-hydrogen) atoms. The predicted octanol–water partition coefficient (Wildman–Crippen LogP) is 1.04. The summed E-state index contributed by atoms with van der Waals surface area (Å²) >= 11 is 0. The zero-order valence-electron chi connectivity index (χ0n) is 10.4. The second kappa shape index (κ2) is 8.31. The lowest BCUT2D eigenvalue weighted by Gasteiger charge is -2.27. The van der Waals surface area contributed by atoms with Crippen LogP contribution < -0.4 is 11.1 Å².